The van der Waals surface area contributed by atoms with E-state index in [-0.39, 0.29) is 11.9 Å². The maximum Gasteiger partial charge on any atom is 0.260 e. The van der Waals surface area contributed by atoms with E-state index in [0.29, 0.717) is 18.1 Å². The summed E-state index contributed by atoms with van der Waals surface area (Å²) in [7, 11) is 0. The first kappa shape index (κ1) is 13.6. The number of ether oxygens (including phenoxy) is 1. The molecule has 2 heterocycles. The Morgan fingerprint density at radius 1 is 1.33 bits per heavy atom. The first-order valence-electron chi connectivity index (χ1n) is 7.21. The number of hydrogen-bond acceptors (Lipinski definition) is 3. The fraction of sp³-hybridized carbons (Fsp3) is 0.294. The van der Waals surface area contributed by atoms with E-state index in [1.54, 1.807) is 18.3 Å². The molecule has 1 aromatic heterocycles. The van der Waals surface area contributed by atoms with Crippen molar-refractivity contribution in [3.8, 4) is 5.88 Å². The molecular formula is C17H18N2O2. The van der Waals surface area contributed by atoms with Crippen molar-refractivity contribution in [1.82, 2.24) is 4.98 Å². The summed E-state index contributed by atoms with van der Waals surface area (Å²) in [5, 5.41) is 0. The number of hydrogen-bond donors (Lipinski definition) is 0. The minimum atomic E-state index is -0.0111. The second kappa shape index (κ2) is 5.56. The molecule has 4 heteroatoms. The van der Waals surface area contributed by atoms with E-state index in [0.717, 1.165) is 12.1 Å². The van der Waals surface area contributed by atoms with Crippen LogP contribution in [0.3, 0.4) is 0 Å². The lowest BCUT2D eigenvalue weighted by atomic mass is 10.1. The van der Waals surface area contributed by atoms with Crippen molar-refractivity contribution >= 4 is 11.6 Å². The van der Waals surface area contributed by atoms with Crippen molar-refractivity contribution in [2.24, 2.45) is 0 Å². The molecular weight excluding hydrogens is 264 g/mol. The predicted molar refractivity (Wildman–Crippen MR) is 81.8 cm³/mol. The number of nitrogens with zero attached hydrogens (tertiary/aromatic N) is 2. The van der Waals surface area contributed by atoms with Crippen molar-refractivity contribution in [1.29, 1.82) is 0 Å². The van der Waals surface area contributed by atoms with E-state index in [9.17, 15) is 4.79 Å². The van der Waals surface area contributed by atoms with Gasteiger partial charge in [-0.15, -0.1) is 0 Å². The molecule has 108 valence electrons. The summed E-state index contributed by atoms with van der Waals surface area (Å²) in [6.45, 7) is 4.54. The first-order chi connectivity index (χ1) is 10.2. The number of fused-ring (bicyclic) bond motifs is 1. The lowest BCUT2D eigenvalue weighted by Crippen LogP contribution is -2.35. The van der Waals surface area contributed by atoms with Crippen LogP contribution in [-0.4, -0.2) is 23.5 Å². The molecule has 1 unspecified atom stereocenters. The summed E-state index contributed by atoms with van der Waals surface area (Å²) in [4.78, 5) is 18.8. The minimum Gasteiger partial charge on any atom is -0.478 e. The van der Waals surface area contributed by atoms with Crippen LogP contribution < -0.4 is 9.64 Å². The Morgan fingerprint density at radius 2 is 2.14 bits per heavy atom. The molecule has 1 atom stereocenters. The average molecular weight is 282 g/mol. The quantitative estimate of drug-likeness (QED) is 0.869. The molecule has 0 radical (unpaired) electrons. The zero-order chi connectivity index (χ0) is 14.8. The zero-order valence-corrected chi connectivity index (χ0v) is 12.2. The molecule has 0 spiro atoms. The van der Waals surface area contributed by atoms with Crippen molar-refractivity contribution in [2.75, 3.05) is 11.5 Å². The highest BCUT2D eigenvalue weighted by Gasteiger charge is 2.31. The van der Waals surface area contributed by atoms with Crippen LogP contribution in [0.4, 0.5) is 5.69 Å². The second-order valence-corrected chi connectivity index (χ2v) is 5.18. The van der Waals surface area contributed by atoms with Gasteiger partial charge in [0.15, 0.2) is 0 Å². The van der Waals surface area contributed by atoms with Crippen molar-refractivity contribution in [2.45, 2.75) is 26.3 Å². The standard InChI is InChI=1S/C17H18N2O2/c1-3-21-16-9-8-14(11-18-16)17(20)19-12(2)10-13-6-4-5-7-15(13)19/h4-9,11-12H,3,10H2,1-2H3. The Bertz CT molecular complexity index is 652. The fourth-order valence-electron chi connectivity index (χ4n) is 2.75. The smallest absolute Gasteiger partial charge is 0.260 e. The Kier molecular flexibility index (Phi) is 3.60. The molecule has 0 N–H and O–H groups in total. The average Bonchev–Trinajstić information content (AvgIpc) is 2.83. The number of carbonyl (C=O) groups excluding carboxylic acids is 1. The van der Waals surface area contributed by atoms with Crippen LogP contribution in [0.1, 0.15) is 29.8 Å². The van der Waals surface area contributed by atoms with E-state index in [1.165, 1.54) is 5.56 Å². The van der Waals surface area contributed by atoms with Crippen molar-refractivity contribution in [3.05, 3.63) is 53.7 Å². The van der Waals surface area contributed by atoms with E-state index in [1.807, 2.05) is 30.0 Å². The first-order valence-corrected chi connectivity index (χ1v) is 7.21. The van der Waals surface area contributed by atoms with E-state index >= 15 is 0 Å². The molecule has 0 saturated heterocycles. The van der Waals surface area contributed by atoms with Gasteiger partial charge in [-0.1, -0.05) is 18.2 Å². The summed E-state index contributed by atoms with van der Waals surface area (Å²) < 4.78 is 5.31. The molecule has 1 amide bonds. The number of pyridine rings is 1. The lowest BCUT2D eigenvalue weighted by Gasteiger charge is -2.22. The molecule has 1 aromatic carbocycles. The van der Waals surface area contributed by atoms with Gasteiger partial charge >= 0.3 is 0 Å². The van der Waals surface area contributed by atoms with Crippen molar-refractivity contribution in [3.63, 3.8) is 0 Å². The molecule has 21 heavy (non-hydrogen) atoms. The van der Waals surface area contributed by atoms with Gasteiger partial charge in [0.1, 0.15) is 0 Å². The molecule has 1 aliphatic heterocycles. The van der Waals surface area contributed by atoms with Gasteiger partial charge in [0.05, 0.1) is 12.2 Å². The van der Waals surface area contributed by atoms with E-state index in [4.69, 9.17) is 4.74 Å². The topological polar surface area (TPSA) is 42.4 Å². The SMILES string of the molecule is CCOc1ccc(C(=O)N2c3ccccc3CC2C)cn1. The Labute approximate surface area is 124 Å². The number of carbonyl (C=O) groups is 1. The highest BCUT2D eigenvalue weighted by Crippen LogP contribution is 2.33. The molecule has 0 aliphatic carbocycles. The third kappa shape index (κ3) is 2.49. The molecule has 0 bridgehead atoms. The Balaban J connectivity index is 1.88. The van der Waals surface area contributed by atoms with Gasteiger partial charge in [0, 0.05) is 24.0 Å². The lowest BCUT2D eigenvalue weighted by molar-refractivity contribution is 0.0981. The van der Waals surface area contributed by atoms with Gasteiger partial charge in [-0.25, -0.2) is 4.98 Å². The molecule has 2 aromatic rings. The maximum atomic E-state index is 12.7. The number of amides is 1. The predicted octanol–water partition coefficient (Wildman–Crippen LogP) is 3.07. The van der Waals surface area contributed by atoms with Crippen LogP contribution in [0.25, 0.3) is 0 Å². The van der Waals surface area contributed by atoms with Crippen LogP contribution in [0.2, 0.25) is 0 Å². The summed E-state index contributed by atoms with van der Waals surface area (Å²) in [5.41, 5.74) is 2.81. The van der Waals surface area contributed by atoms with Gasteiger partial charge in [-0.05, 0) is 38.0 Å². The maximum absolute atomic E-state index is 12.7. The van der Waals surface area contributed by atoms with Gasteiger partial charge < -0.3 is 9.64 Å². The highest BCUT2D eigenvalue weighted by molar-refractivity contribution is 6.07. The van der Waals surface area contributed by atoms with Crippen LogP contribution in [-0.2, 0) is 6.42 Å². The number of para-hydroxylation sites is 1. The number of anilines is 1. The van der Waals surface area contributed by atoms with Crippen LogP contribution in [0, 0.1) is 0 Å². The summed E-state index contributed by atoms with van der Waals surface area (Å²) in [5.74, 6) is 0.534. The number of benzene rings is 1. The summed E-state index contributed by atoms with van der Waals surface area (Å²) in [6.07, 6.45) is 2.48. The zero-order valence-electron chi connectivity index (χ0n) is 12.2. The van der Waals surface area contributed by atoms with Crippen LogP contribution >= 0.6 is 0 Å². The van der Waals surface area contributed by atoms with Crippen molar-refractivity contribution < 1.29 is 9.53 Å². The largest absolute Gasteiger partial charge is 0.478 e. The van der Waals surface area contributed by atoms with Gasteiger partial charge in [-0.2, -0.15) is 0 Å². The second-order valence-electron chi connectivity index (χ2n) is 5.18. The third-order valence-corrected chi connectivity index (χ3v) is 3.70. The van der Waals surface area contributed by atoms with Gasteiger partial charge in [0.2, 0.25) is 5.88 Å². The highest BCUT2D eigenvalue weighted by atomic mass is 16.5. The number of rotatable bonds is 3. The van der Waals surface area contributed by atoms with Gasteiger partial charge in [0.25, 0.3) is 5.91 Å². The molecule has 3 rings (SSSR count). The Morgan fingerprint density at radius 3 is 2.86 bits per heavy atom. The third-order valence-electron chi connectivity index (χ3n) is 3.70. The van der Waals surface area contributed by atoms with Gasteiger partial charge in [-0.3, -0.25) is 4.79 Å². The summed E-state index contributed by atoms with van der Waals surface area (Å²) >= 11 is 0. The fourth-order valence-corrected chi connectivity index (χ4v) is 2.75. The van der Waals surface area contributed by atoms with E-state index < -0.39 is 0 Å². The number of aromatic nitrogens is 1. The molecule has 1 aliphatic rings. The normalized spacial score (nSPS) is 16.7. The Hall–Kier alpha value is -2.36. The van der Waals surface area contributed by atoms with Crippen LogP contribution in [0.15, 0.2) is 42.6 Å². The van der Waals surface area contributed by atoms with Crippen LogP contribution in [0.5, 0.6) is 5.88 Å². The molecule has 0 saturated carbocycles. The monoisotopic (exact) mass is 282 g/mol. The molecule has 4 nitrogen and oxygen atoms in total. The minimum absolute atomic E-state index is 0.0111. The summed E-state index contributed by atoms with van der Waals surface area (Å²) in [6, 6.07) is 11.7. The van der Waals surface area contributed by atoms with E-state index in [2.05, 4.69) is 18.0 Å². The molecule has 0 fully saturated rings.